The van der Waals surface area contributed by atoms with Crippen molar-refractivity contribution in [2.45, 2.75) is 9.79 Å². The largest absolute Gasteiger partial charge is 0.322 e. The quantitative estimate of drug-likeness (QED) is 0.713. The number of halogens is 1. The first kappa shape index (κ1) is 16.7. The van der Waals surface area contributed by atoms with Crippen molar-refractivity contribution in [3.8, 4) is 6.07 Å². The Hall–Kier alpha value is -3.10. The van der Waals surface area contributed by atoms with Crippen molar-refractivity contribution in [1.29, 1.82) is 5.26 Å². The molecular weight excluding hydrogens is 335 g/mol. The van der Waals surface area contributed by atoms with E-state index in [-0.39, 0.29) is 5.91 Å². The predicted molar refractivity (Wildman–Crippen MR) is 96.1 cm³/mol. The van der Waals surface area contributed by atoms with Gasteiger partial charge in [0, 0.05) is 15.5 Å². The fourth-order valence-corrected chi connectivity index (χ4v) is 3.30. The lowest BCUT2D eigenvalue weighted by molar-refractivity contribution is 0.102. The molecule has 0 unspecified atom stereocenters. The maximum Gasteiger partial charge on any atom is 0.256 e. The second-order valence-corrected chi connectivity index (χ2v) is 6.25. The van der Waals surface area contributed by atoms with Crippen LogP contribution in [0.15, 0.2) is 82.6 Å². The number of anilines is 1. The van der Waals surface area contributed by atoms with Crippen LogP contribution in [0.5, 0.6) is 0 Å². The van der Waals surface area contributed by atoms with Crippen LogP contribution in [0.2, 0.25) is 0 Å². The van der Waals surface area contributed by atoms with Crippen LogP contribution in [0.4, 0.5) is 10.1 Å². The molecule has 25 heavy (non-hydrogen) atoms. The normalized spacial score (nSPS) is 10.1. The molecule has 0 heterocycles. The zero-order chi connectivity index (χ0) is 17.6. The van der Waals surface area contributed by atoms with Gasteiger partial charge in [0.25, 0.3) is 5.91 Å². The number of carbonyl (C=O) groups is 1. The molecule has 3 rings (SSSR count). The number of nitrogens with zero attached hydrogens (tertiary/aromatic N) is 1. The van der Waals surface area contributed by atoms with E-state index in [0.29, 0.717) is 16.8 Å². The minimum absolute atomic E-state index is 0.330. The Kier molecular flexibility index (Phi) is 5.12. The molecule has 0 saturated carbocycles. The van der Waals surface area contributed by atoms with Crippen molar-refractivity contribution in [1.82, 2.24) is 0 Å². The van der Waals surface area contributed by atoms with Gasteiger partial charge < -0.3 is 5.32 Å². The second-order valence-electron chi connectivity index (χ2n) is 5.17. The average molecular weight is 348 g/mol. The molecule has 0 aromatic heterocycles. The predicted octanol–water partition coefficient (Wildman–Crippen LogP) is 5.10. The molecule has 0 fully saturated rings. The zero-order valence-electron chi connectivity index (χ0n) is 13.1. The number of hydrogen-bond donors (Lipinski definition) is 1. The molecule has 3 aromatic carbocycles. The van der Waals surface area contributed by atoms with E-state index < -0.39 is 5.82 Å². The fourth-order valence-electron chi connectivity index (χ4n) is 2.27. The Morgan fingerprint density at radius 2 is 1.68 bits per heavy atom. The first-order chi connectivity index (χ1) is 12.2. The van der Waals surface area contributed by atoms with Crippen LogP contribution >= 0.6 is 11.8 Å². The molecule has 1 N–H and O–H groups in total. The number of carbonyl (C=O) groups excluding carboxylic acids is 1. The number of nitriles is 1. The molecule has 0 aliphatic heterocycles. The molecule has 0 bridgehead atoms. The lowest BCUT2D eigenvalue weighted by atomic mass is 10.2. The van der Waals surface area contributed by atoms with Crippen molar-refractivity contribution in [3.63, 3.8) is 0 Å². The van der Waals surface area contributed by atoms with Crippen LogP contribution in [0.3, 0.4) is 0 Å². The third-order valence-corrected chi connectivity index (χ3v) is 4.59. The van der Waals surface area contributed by atoms with Gasteiger partial charge >= 0.3 is 0 Å². The van der Waals surface area contributed by atoms with Crippen LogP contribution < -0.4 is 5.32 Å². The second kappa shape index (κ2) is 7.65. The molecule has 0 aliphatic rings. The molecule has 5 heteroatoms. The lowest BCUT2D eigenvalue weighted by Crippen LogP contribution is -2.13. The smallest absolute Gasteiger partial charge is 0.256 e. The minimum Gasteiger partial charge on any atom is -0.322 e. The van der Waals surface area contributed by atoms with Gasteiger partial charge in [-0.3, -0.25) is 4.79 Å². The Morgan fingerprint density at radius 3 is 2.44 bits per heavy atom. The van der Waals surface area contributed by atoms with Crippen molar-refractivity contribution in [2.24, 2.45) is 0 Å². The van der Waals surface area contributed by atoms with Crippen molar-refractivity contribution >= 4 is 23.4 Å². The summed E-state index contributed by atoms with van der Waals surface area (Å²) in [7, 11) is 0. The van der Waals surface area contributed by atoms with Crippen LogP contribution in [0, 0.1) is 17.1 Å². The monoisotopic (exact) mass is 348 g/mol. The van der Waals surface area contributed by atoms with Gasteiger partial charge in [-0.25, -0.2) is 4.39 Å². The third-order valence-electron chi connectivity index (χ3n) is 3.44. The molecule has 0 spiro atoms. The van der Waals surface area contributed by atoms with Crippen molar-refractivity contribution in [3.05, 3.63) is 89.7 Å². The average Bonchev–Trinajstić information content (AvgIpc) is 2.62. The van der Waals surface area contributed by atoms with E-state index in [1.54, 1.807) is 30.3 Å². The van der Waals surface area contributed by atoms with Gasteiger partial charge in [-0.05, 0) is 42.5 Å². The van der Waals surface area contributed by atoms with E-state index in [1.165, 1.54) is 30.0 Å². The Morgan fingerprint density at radius 1 is 0.960 bits per heavy atom. The minimum atomic E-state index is -0.414. The molecule has 122 valence electrons. The Balaban J connectivity index is 1.88. The Bertz CT molecular complexity index is 966. The topological polar surface area (TPSA) is 52.9 Å². The number of amides is 1. The van der Waals surface area contributed by atoms with Gasteiger partial charge in [0.05, 0.1) is 11.1 Å². The summed E-state index contributed by atoms with van der Waals surface area (Å²) in [5, 5.41) is 11.9. The van der Waals surface area contributed by atoms with Crippen molar-refractivity contribution in [2.75, 3.05) is 5.32 Å². The van der Waals surface area contributed by atoms with E-state index in [0.717, 1.165) is 9.79 Å². The van der Waals surface area contributed by atoms with Gasteiger partial charge in [-0.1, -0.05) is 42.1 Å². The van der Waals surface area contributed by atoms with Crippen LogP contribution in [0.25, 0.3) is 0 Å². The first-order valence-electron chi connectivity index (χ1n) is 7.50. The fraction of sp³-hybridized carbons (Fsp3) is 0. The molecule has 0 atom stereocenters. The summed E-state index contributed by atoms with van der Waals surface area (Å²) in [5.74, 6) is -0.744. The molecule has 1 amide bonds. The number of rotatable bonds is 4. The summed E-state index contributed by atoms with van der Waals surface area (Å²) >= 11 is 1.35. The number of benzene rings is 3. The molecule has 3 nitrogen and oxygen atoms in total. The van der Waals surface area contributed by atoms with Crippen LogP contribution in [-0.4, -0.2) is 5.91 Å². The van der Waals surface area contributed by atoms with Crippen molar-refractivity contribution < 1.29 is 9.18 Å². The Labute approximate surface area is 149 Å². The summed E-state index contributed by atoms with van der Waals surface area (Å²) in [6.07, 6.45) is 0. The molecule has 3 aromatic rings. The van der Waals surface area contributed by atoms with Crippen LogP contribution in [0.1, 0.15) is 15.9 Å². The maximum absolute atomic E-state index is 13.3. The summed E-state index contributed by atoms with van der Waals surface area (Å²) in [6, 6.07) is 22.2. The highest BCUT2D eigenvalue weighted by molar-refractivity contribution is 7.99. The van der Waals surface area contributed by atoms with Gasteiger partial charge in [0.15, 0.2) is 0 Å². The zero-order valence-corrected chi connectivity index (χ0v) is 13.9. The molecule has 0 aliphatic carbocycles. The van der Waals surface area contributed by atoms with Crippen LogP contribution in [-0.2, 0) is 0 Å². The maximum atomic E-state index is 13.3. The van der Waals surface area contributed by atoms with Gasteiger partial charge in [0.1, 0.15) is 11.9 Å². The third kappa shape index (κ3) is 4.06. The van der Waals surface area contributed by atoms with E-state index >= 15 is 0 Å². The molecule has 0 radical (unpaired) electrons. The summed E-state index contributed by atoms with van der Waals surface area (Å²) in [5.41, 5.74) is 1.40. The van der Waals surface area contributed by atoms with Gasteiger partial charge in [-0.15, -0.1) is 0 Å². The molecule has 0 saturated heterocycles. The van der Waals surface area contributed by atoms with Gasteiger partial charge in [0.2, 0.25) is 0 Å². The number of nitrogens with one attached hydrogen (secondary N) is 1. The summed E-state index contributed by atoms with van der Waals surface area (Å²) < 4.78 is 13.3. The van der Waals surface area contributed by atoms with E-state index in [9.17, 15) is 14.4 Å². The highest BCUT2D eigenvalue weighted by Gasteiger charge is 2.14. The van der Waals surface area contributed by atoms with Gasteiger partial charge in [-0.2, -0.15) is 5.26 Å². The standard InChI is InChI=1S/C20H13FN2OS/c21-15-7-5-8-16(12-15)23-20(24)17-9-2-4-11-19(17)25-18-10-3-1-6-14(18)13-22/h1-12H,(H,23,24). The van der Waals surface area contributed by atoms with E-state index in [2.05, 4.69) is 11.4 Å². The lowest BCUT2D eigenvalue weighted by Gasteiger charge is -2.10. The first-order valence-corrected chi connectivity index (χ1v) is 8.32. The SMILES string of the molecule is N#Cc1ccccc1Sc1ccccc1C(=O)Nc1cccc(F)c1. The van der Waals surface area contributed by atoms with E-state index in [4.69, 9.17) is 0 Å². The summed E-state index contributed by atoms with van der Waals surface area (Å²) in [4.78, 5) is 14.1. The number of hydrogen-bond acceptors (Lipinski definition) is 3. The molecular formula is C20H13FN2OS. The highest BCUT2D eigenvalue weighted by Crippen LogP contribution is 2.32. The van der Waals surface area contributed by atoms with E-state index in [1.807, 2.05) is 24.3 Å². The summed E-state index contributed by atoms with van der Waals surface area (Å²) in [6.45, 7) is 0. The highest BCUT2D eigenvalue weighted by atomic mass is 32.2.